The van der Waals surface area contributed by atoms with Gasteiger partial charge in [0.1, 0.15) is 25.3 Å². The maximum absolute atomic E-state index is 12.1. The number of ether oxygens (including phenoxy) is 4. The first kappa shape index (κ1) is 31.1. The molecule has 0 aromatic heterocycles. The standard InChI is InChI=1S/C24H28N2O8S.Sn/c1-31-21(27)19(25-23(29)33-13-17-9-5-3-6-10-17)15-35-16-20(22(28)32-2)26-24(30)34-14-18-11-7-4-8-12-18;/h3-12,19-20H,13-16H2,1-2H3,(H,25,29)(H,26,30);. The summed E-state index contributed by atoms with van der Waals surface area (Å²) in [6, 6.07) is 16.1. The number of benzene rings is 2. The SMILES string of the molecule is COC(=O)C(CSCC(NC(=O)OCc1ccccc1)C(=O)OC)NC(=O)OCc1ccccc1.[Sn]. The summed E-state index contributed by atoms with van der Waals surface area (Å²) in [6.45, 7) is 0.0697. The Bertz CT molecular complexity index is 888. The van der Waals surface area contributed by atoms with Crippen LogP contribution >= 0.6 is 11.8 Å². The van der Waals surface area contributed by atoms with Crippen LogP contribution in [0.15, 0.2) is 60.7 Å². The van der Waals surface area contributed by atoms with Gasteiger partial charge in [0.2, 0.25) is 0 Å². The van der Waals surface area contributed by atoms with E-state index in [4.69, 9.17) is 18.9 Å². The monoisotopic (exact) mass is 624 g/mol. The van der Waals surface area contributed by atoms with Gasteiger partial charge in [0.15, 0.2) is 0 Å². The van der Waals surface area contributed by atoms with Crippen LogP contribution in [0.2, 0.25) is 0 Å². The summed E-state index contributed by atoms with van der Waals surface area (Å²) in [7, 11) is 2.39. The Kier molecular flexibility index (Phi) is 15.1. The molecule has 36 heavy (non-hydrogen) atoms. The maximum atomic E-state index is 12.1. The van der Waals surface area contributed by atoms with Gasteiger partial charge in [-0.3, -0.25) is 0 Å². The number of carbonyl (C=O) groups is 4. The van der Waals surface area contributed by atoms with Crippen LogP contribution in [-0.4, -0.2) is 85.8 Å². The molecule has 0 heterocycles. The van der Waals surface area contributed by atoms with Crippen molar-refractivity contribution in [2.75, 3.05) is 25.7 Å². The van der Waals surface area contributed by atoms with E-state index in [2.05, 4.69) is 10.6 Å². The first-order valence-electron chi connectivity index (χ1n) is 10.6. The van der Waals surface area contributed by atoms with E-state index in [-0.39, 0.29) is 48.6 Å². The van der Waals surface area contributed by atoms with E-state index in [1.807, 2.05) is 36.4 Å². The summed E-state index contributed by atoms with van der Waals surface area (Å²) >= 11 is 1.13. The van der Waals surface area contributed by atoms with Crippen molar-refractivity contribution in [2.24, 2.45) is 0 Å². The zero-order valence-corrected chi connectivity index (χ0v) is 23.6. The van der Waals surface area contributed by atoms with Crippen molar-refractivity contribution in [1.29, 1.82) is 0 Å². The number of hydrogen-bond donors (Lipinski definition) is 2. The predicted octanol–water partition coefficient (Wildman–Crippen LogP) is 2.27. The van der Waals surface area contributed by atoms with Crippen molar-refractivity contribution in [3.8, 4) is 0 Å². The summed E-state index contributed by atoms with van der Waals surface area (Å²) in [5.74, 6) is -1.25. The minimum atomic E-state index is -1.03. The normalized spacial score (nSPS) is 11.6. The fourth-order valence-corrected chi connectivity index (χ4v) is 3.79. The van der Waals surface area contributed by atoms with E-state index in [0.717, 1.165) is 22.9 Å². The van der Waals surface area contributed by atoms with Crippen molar-refractivity contribution in [3.05, 3.63) is 71.8 Å². The van der Waals surface area contributed by atoms with E-state index < -0.39 is 36.2 Å². The van der Waals surface area contributed by atoms with Gasteiger partial charge in [-0.1, -0.05) is 60.7 Å². The number of amides is 2. The van der Waals surface area contributed by atoms with E-state index in [0.29, 0.717) is 0 Å². The number of esters is 2. The molecule has 2 N–H and O–H groups in total. The van der Waals surface area contributed by atoms with Crippen molar-refractivity contribution in [1.82, 2.24) is 10.6 Å². The Morgan fingerprint density at radius 3 is 1.39 bits per heavy atom. The number of methoxy groups -OCH3 is 2. The van der Waals surface area contributed by atoms with Crippen LogP contribution in [0, 0.1) is 0 Å². The van der Waals surface area contributed by atoms with Crippen LogP contribution in [0.3, 0.4) is 0 Å². The first-order valence-corrected chi connectivity index (χ1v) is 11.8. The molecule has 4 radical (unpaired) electrons. The maximum Gasteiger partial charge on any atom is 0.408 e. The number of nitrogens with one attached hydrogen (secondary N) is 2. The van der Waals surface area contributed by atoms with Crippen LogP contribution in [-0.2, 0) is 41.8 Å². The molecule has 12 heteroatoms. The second kappa shape index (κ2) is 17.5. The first-order chi connectivity index (χ1) is 16.9. The minimum Gasteiger partial charge on any atom is -0.467 e. The Morgan fingerprint density at radius 1 is 0.694 bits per heavy atom. The molecule has 0 saturated heterocycles. The molecule has 0 aliphatic rings. The van der Waals surface area contributed by atoms with Gasteiger partial charge < -0.3 is 29.6 Å². The van der Waals surface area contributed by atoms with Gasteiger partial charge in [-0.05, 0) is 11.1 Å². The summed E-state index contributed by atoms with van der Waals surface area (Å²) in [4.78, 5) is 48.5. The number of rotatable bonds is 12. The summed E-state index contributed by atoms with van der Waals surface area (Å²) < 4.78 is 19.7. The second-order valence-electron chi connectivity index (χ2n) is 7.10. The molecule has 2 unspecified atom stereocenters. The summed E-state index contributed by atoms with van der Waals surface area (Å²) in [6.07, 6.45) is -1.59. The second-order valence-corrected chi connectivity index (χ2v) is 8.18. The fourth-order valence-electron chi connectivity index (χ4n) is 2.74. The third kappa shape index (κ3) is 11.7. The van der Waals surface area contributed by atoms with Crippen LogP contribution in [0.1, 0.15) is 11.1 Å². The molecule has 2 aromatic rings. The molecule has 0 saturated carbocycles. The molecule has 0 bridgehead atoms. The molecule has 0 spiro atoms. The summed E-state index contributed by atoms with van der Waals surface area (Å²) in [5, 5.41) is 4.90. The van der Waals surface area contributed by atoms with E-state index in [1.165, 1.54) is 14.2 Å². The van der Waals surface area contributed by atoms with Gasteiger partial charge in [0.05, 0.1) is 14.2 Å². The van der Waals surface area contributed by atoms with Crippen molar-refractivity contribution < 1.29 is 38.1 Å². The predicted molar refractivity (Wildman–Crippen MR) is 134 cm³/mol. The molecular weight excluding hydrogens is 595 g/mol. The van der Waals surface area contributed by atoms with Crippen LogP contribution < -0.4 is 10.6 Å². The Hall–Kier alpha value is -2.93. The third-order valence-corrected chi connectivity index (χ3v) is 5.69. The van der Waals surface area contributed by atoms with Gasteiger partial charge in [-0.15, -0.1) is 0 Å². The molecule has 2 rings (SSSR count). The molecule has 0 fully saturated rings. The zero-order chi connectivity index (χ0) is 25.5. The Labute approximate surface area is 230 Å². The number of alkyl carbamates (subject to hydrolysis) is 2. The van der Waals surface area contributed by atoms with Gasteiger partial charge in [0, 0.05) is 35.4 Å². The molecule has 192 valence electrons. The van der Waals surface area contributed by atoms with E-state index in [1.54, 1.807) is 24.3 Å². The number of hydrogen-bond acceptors (Lipinski definition) is 9. The van der Waals surface area contributed by atoms with Crippen LogP contribution in [0.25, 0.3) is 0 Å². The van der Waals surface area contributed by atoms with Crippen molar-refractivity contribution in [3.63, 3.8) is 0 Å². The summed E-state index contributed by atoms with van der Waals surface area (Å²) in [5.41, 5.74) is 1.58. The van der Waals surface area contributed by atoms with E-state index in [9.17, 15) is 19.2 Å². The number of thioether (sulfide) groups is 1. The van der Waals surface area contributed by atoms with Gasteiger partial charge in [-0.25, -0.2) is 19.2 Å². The zero-order valence-electron chi connectivity index (χ0n) is 19.9. The quantitative estimate of drug-likeness (QED) is 0.208. The average Bonchev–Trinajstić information content (AvgIpc) is 2.89. The molecule has 2 amide bonds. The van der Waals surface area contributed by atoms with Crippen molar-refractivity contribution in [2.45, 2.75) is 25.3 Å². The number of carbonyl (C=O) groups excluding carboxylic acids is 4. The molecule has 0 aliphatic carbocycles. The Morgan fingerprint density at radius 2 is 1.06 bits per heavy atom. The molecular formula is C24H28N2O8SSn. The topological polar surface area (TPSA) is 129 Å². The van der Waals surface area contributed by atoms with Gasteiger partial charge in [0.25, 0.3) is 0 Å². The van der Waals surface area contributed by atoms with Gasteiger partial charge in [-0.2, -0.15) is 11.8 Å². The minimum absolute atomic E-state index is 0. The van der Waals surface area contributed by atoms with Crippen molar-refractivity contribution >= 4 is 59.8 Å². The largest absolute Gasteiger partial charge is 0.467 e. The average molecular weight is 623 g/mol. The Balaban J connectivity index is 0.00000648. The van der Waals surface area contributed by atoms with Gasteiger partial charge >= 0.3 is 24.1 Å². The third-order valence-electron chi connectivity index (χ3n) is 4.55. The molecule has 10 nitrogen and oxygen atoms in total. The van der Waals surface area contributed by atoms with E-state index >= 15 is 0 Å². The van der Waals surface area contributed by atoms with Crippen LogP contribution in [0.5, 0.6) is 0 Å². The smallest absolute Gasteiger partial charge is 0.408 e. The molecule has 2 aromatic carbocycles. The van der Waals surface area contributed by atoms with Crippen LogP contribution in [0.4, 0.5) is 9.59 Å². The fraction of sp³-hybridized carbons (Fsp3) is 0.333. The molecule has 0 aliphatic heterocycles. The molecule has 2 atom stereocenters.